The number of imidazole rings is 1. The van der Waals surface area contributed by atoms with Crippen LogP contribution in [0.2, 0.25) is 0 Å². The molecule has 0 radical (unpaired) electrons. The fourth-order valence-corrected chi connectivity index (χ4v) is 1.15. The number of aromatic nitrogens is 4. The third-order valence-corrected chi connectivity index (χ3v) is 1.75. The minimum absolute atomic E-state index is 0.322. The molecule has 0 aromatic carbocycles. The lowest BCUT2D eigenvalue weighted by atomic mass is 10.5. The first-order valence-corrected chi connectivity index (χ1v) is 4.05. The summed E-state index contributed by atoms with van der Waals surface area (Å²) < 4.78 is 1.62. The van der Waals surface area contributed by atoms with Crippen molar-refractivity contribution in [3.8, 4) is 11.9 Å². The predicted molar refractivity (Wildman–Crippen MR) is 48.6 cm³/mol. The molecule has 2 heterocycles. The van der Waals surface area contributed by atoms with Gasteiger partial charge in [0.15, 0.2) is 0 Å². The maximum absolute atomic E-state index is 8.76. The Hall–Kier alpha value is -2.22. The van der Waals surface area contributed by atoms with Crippen LogP contribution in [-0.2, 0) is 0 Å². The molecule has 0 saturated carbocycles. The molecule has 2 aromatic rings. The highest BCUT2D eigenvalue weighted by Crippen LogP contribution is 2.05. The van der Waals surface area contributed by atoms with Gasteiger partial charge in [0.2, 0.25) is 5.82 Å². The van der Waals surface area contributed by atoms with E-state index in [9.17, 15) is 0 Å². The van der Waals surface area contributed by atoms with Gasteiger partial charge in [-0.15, -0.1) is 0 Å². The molecule has 0 unspecified atom stereocenters. The van der Waals surface area contributed by atoms with Crippen molar-refractivity contribution >= 4 is 0 Å². The van der Waals surface area contributed by atoms with Crippen LogP contribution < -0.4 is 0 Å². The second-order valence-corrected chi connectivity index (χ2v) is 2.69. The van der Waals surface area contributed by atoms with Gasteiger partial charge >= 0.3 is 0 Å². The van der Waals surface area contributed by atoms with Gasteiger partial charge in [-0.2, -0.15) is 5.26 Å². The number of nitriles is 1. The first-order valence-electron chi connectivity index (χ1n) is 4.05. The van der Waals surface area contributed by atoms with Crippen molar-refractivity contribution in [1.82, 2.24) is 19.5 Å². The summed E-state index contributed by atoms with van der Waals surface area (Å²) in [5.74, 6) is 1.65. The first kappa shape index (κ1) is 8.38. The minimum atomic E-state index is 0.322. The standard InChI is InChI=1S/C9H7N5/c1-7-11-3-2-8(13-7)14-5-4-12-9(14)6-10/h2-5H,1H3. The Bertz CT molecular complexity index is 494. The number of hydrogen-bond acceptors (Lipinski definition) is 4. The van der Waals surface area contributed by atoms with E-state index < -0.39 is 0 Å². The summed E-state index contributed by atoms with van der Waals surface area (Å²) in [7, 11) is 0. The number of hydrogen-bond donors (Lipinski definition) is 0. The van der Waals surface area contributed by atoms with Gasteiger partial charge < -0.3 is 0 Å². The molecular formula is C9H7N5. The zero-order valence-corrected chi connectivity index (χ0v) is 7.55. The summed E-state index contributed by atoms with van der Waals surface area (Å²) in [6.07, 6.45) is 4.91. The van der Waals surface area contributed by atoms with Crippen LogP contribution >= 0.6 is 0 Å². The number of aryl methyl sites for hydroxylation is 1. The van der Waals surface area contributed by atoms with E-state index in [4.69, 9.17) is 5.26 Å². The van der Waals surface area contributed by atoms with Gasteiger partial charge in [0.25, 0.3) is 0 Å². The van der Waals surface area contributed by atoms with Gasteiger partial charge in [0.05, 0.1) is 0 Å². The molecule has 0 saturated heterocycles. The van der Waals surface area contributed by atoms with E-state index >= 15 is 0 Å². The van der Waals surface area contributed by atoms with Gasteiger partial charge in [-0.1, -0.05) is 0 Å². The maximum Gasteiger partial charge on any atom is 0.218 e. The quantitative estimate of drug-likeness (QED) is 0.660. The maximum atomic E-state index is 8.76. The summed E-state index contributed by atoms with van der Waals surface area (Å²) in [4.78, 5) is 12.0. The van der Waals surface area contributed by atoms with Crippen LogP contribution in [0.1, 0.15) is 11.6 Å². The van der Waals surface area contributed by atoms with Gasteiger partial charge in [0, 0.05) is 18.6 Å². The average Bonchev–Trinajstić information content (AvgIpc) is 2.65. The number of rotatable bonds is 1. The molecule has 0 aliphatic rings. The van der Waals surface area contributed by atoms with Crippen molar-refractivity contribution in [2.75, 3.05) is 0 Å². The molecule has 14 heavy (non-hydrogen) atoms. The third kappa shape index (κ3) is 1.33. The highest BCUT2D eigenvalue weighted by atomic mass is 15.1. The second-order valence-electron chi connectivity index (χ2n) is 2.69. The Balaban J connectivity index is 2.56. The van der Waals surface area contributed by atoms with E-state index in [0.717, 1.165) is 0 Å². The first-order chi connectivity index (χ1) is 6.81. The molecule has 2 aromatic heterocycles. The van der Waals surface area contributed by atoms with E-state index in [-0.39, 0.29) is 0 Å². The molecule has 0 spiro atoms. The summed E-state index contributed by atoms with van der Waals surface area (Å²) >= 11 is 0. The second kappa shape index (κ2) is 3.26. The van der Waals surface area contributed by atoms with Crippen LogP contribution in [0.25, 0.3) is 5.82 Å². The number of nitrogens with zero attached hydrogens (tertiary/aromatic N) is 5. The molecule has 0 bridgehead atoms. The molecule has 0 aliphatic heterocycles. The topological polar surface area (TPSA) is 67.4 Å². The summed E-state index contributed by atoms with van der Waals surface area (Å²) in [6, 6.07) is 3.72. The summed E-state index contributed by atoms with van der Waals surface area (Å²) in [6.45, 7) is 1.80. The summed E-state index contributed by atoms with van der Waals surface area (Å²) in [5, 5.41) is 8.76. The molecule has 0 atom stereocenters. The highest BCUT2D eigenvalue weighted by molar-refractivity contribution is 5.28. The summed E-state index contributed by atoms with van der Waals surface area (Å²) in [5.41, 5.74) is 0. The van der Waals surface area contributed by atoms with E-state index in [0.29, 0.717) is 17.5 Å². The Labute approximate surface area is 80.7 Å². The van der Waals surface area contributed by atoms with Crippen molar-refractivity contribution in [3.63, 3.8) is 0 Å². The Morgan fingerprint density at radius 3 is 2.93 bits per heavy atom. The van der Waals surface area contributed by atoms with Gasteiger partial charge in [-0.05, 0) is 13.0 Å². The largest absolute Gasteiger partial charge is 0.275 e. The SMILES string of the molecule is Cc1nccc(-n2ccnc2C#N)n1. The molecule has 5 nitrogen and oxygen atoms in total. The Morgan fingerprint density at radius 2 is 2.21 bits per heavy atom. The van der Waals surface area contributed by atoms with Crippen LogP contribution in [0, 0.1) is 18.3 Å². The molecule has 5 heteroatoms. The van der Waals surface area contributed by atoms with Crippen molar-refractivity contribution < 1.29 is 0 Å². The molecule has 0 amide bonds. The van der Waals surface area contributed by atoms with E-state index in [1.54, 1.807) is 36.1 Å². The van der Waals surface area contributed by atoms with Crippen molar-refractivity contribution in [1.29, 1.82) is 5.26 Å². The lowest BCUT2D eigenvalue weighted by molar-refractivity contribution is 0.922. The monoisotopic (exact) mass is 185 g/mol. The molecular weight excluding hydrogens is 178 g/mol. The van der Waals surface area contributed by atoms with Crippen LogP contribution in [0.4, 0.5) is 0 Å². The highest BCUT2D eigenvalue weighted by Gasteiger charge is 2.04. The average molecular weight is 185 g/mol. The van der Waals surface area contributed by atoms with E-state index in [1.165, 1.54) is 0 Å². The van der Waals surface area contributed by atoms with Crippen LogP contribution in [0.3, 0.4) is 0 Å². The van der Waals surface area contributed by atoms with Crippen LogP contribution in [0.5, 0.6) is 0 Å². The normalized spacial score (nSPS) is 9.71. The van der Waals surface area contributed by atoms with Crippen molar-refractivity contribution in [2.24, 2.45) is 0 Å². The predicted octanol–water partition coefficient (Wildman–Crippen LogP) is 0.842. The van der Waals surface area contributed by atoms with E-state index in [2.05, 4.69) is 15.0 Å². The van der Waals surface area contributed by atoms with Gasteiger partial charge in [0.1, 0.15) is 17.7 Å². The lowest BCUT2D eigenvalue weighted by Crippen LogP contribution is -2.01. The zero-order valence-electron chi connectivity index (χ0n) is 7.55. The molecule has 68 valence electrons. The van der Waals surface area contributed by atoms with Gasteiger partial charge in [-0.25, -0.2) is 15.0 Å². The Morgan fingerprint density at radius 1 is 1.36 bits per heavy atom. The fraction of sp³-hybridized carbons (Fsp3) is 0.111. The van der Waals surface area contributed by atoms with Gasteiger partial charge in [-0.3, -0.25) is 4.57 Å². The van der Waals surface area contributed by atoms with Crippen LogP contribution in [0.15, 0.2) is 24.7 Å². The lowest BCUT2D eigenvalue weighted by Gasteiger charge is -2.01. The molecule has 2 rings (SSSR count). The minimum Gasteiger partial charge on any atom is -0.275 e. The van der Waals surface area contributed by atoms with Crippen molar-refractivity contribution in [2.45, 2.75) is 6.92 Å². The molecule has 0 N–H and O–H groups in total. The molecule has 0 aliphatic carbocycles. The Kier molecular flexibility index (Phi) is 1.95. The zero-order chi connectivity index (χ0) is 9.97. The molecule has 0 fully saturated rings. The fourth-order valence-electron chi connectivity index (χ4n) is 1.15. The van der Waals surface area contributed by atoms with E-state index in [1.807, 2.05) is 6.07 Å². The third-order valence-electron chi connectivity index (χ3n) is 1.75. The smallest absolute Gasteiger partial charge is 0.218 e. The van der Waals surface area contributed by atoms with Crippen molar-refractivity contribution in [3.05, 3.63) is 36.3 Å². The van der Waals surface area contributed by atoms with Crippen LogP contribution in [-0.4, -0.2) is 19.5 Å².